The number of ether oxygens (including phenoxy) is 1. The topological polar surface area (TPSA) is 50.3 Å². The van der Waals surface area contributed by atoms with E-state index in [-0.39, 0.29) is 5.56 Å². The summed E-state index contributed by atoms with van der Waals surface area (Å²) < 4.78 is 7.09. The lowest BCUT2D eigenvalue weighted by atomic mass is 10.1. The first-order valence-corrected chi connectivity index (χ1v) is 9.41. The second kappa shape index (κ2) is 7.62. The van der Waals surface area contributed by atoms with Gasteiger partial charge in [0.15, 0.2) is 0 Å². The van der Waals surface area contributed by atoms with E-state index in [9.17, 15) is 4.79 Å². The van der Waals surface area contributed by atoms with Gasteiger partial charge in [-0.25, -0.2) is 4.68 Å². The van der Waals surface area contributed by atoms with Crippen molar-refractivity contribution in [3.8, 4) is 5.75 Å². The van der Waals surface area contributed by atoms with Gasteiger partial charge in [0.05, 0.1) is 19.3 Å². The maximum absolute atomic E-state index is 12.8. The summed E-state index contributed by atoms with van der Waals surface area (Å²) in [5.41, 5.74) is 4.19. The van der Waals surface area contributed by atoms with Crippen molar-refractivity contribution in [1.29, 1.82) is 0 Å². The third-order valence-electron chi connectivity index (χ3n) is 5.04. The highest BCUT2D eigenvalue weighted by Gasteiger charge is 2.22. The molecule has 3 aromatic rings. The summed E-state index contributed by atoms with van der Waals surface area (Å²) in [4.78, 5) is 15.1. The van der Waals surface area contributed by atoms with Gasteiger partial charge in [-0.3, -0.25) is 14.8 Å². The molecule has 0 amide bonds. The molecule has 0 saturated heterocycles. The molecule has 5 nitrogen and oxygen atoms in total. The first kappa shape index (κ1) is 17.9. The Hall–Kier alpha value is -2.50. The molecule has 6 heteroatoms. The number of nitrogens with one attached hydrogen (secondary N) is 1. The van der Waals surface area contributed by atoms with Gasteiger partial charge in [0.1, 0.15) is 5.75 Å². The lowest BCUT2D eigenvalue weighted by molar-refractivity contribution is 0.242. The molecule has 2 heterocycles. The molecular formula is C21H22ClN3O2. The third kappa shape index (κ3) is 3.80. The van der Waals surface area contributed by atoms with E-state index in [4.69, 9.17) is 16.3 Å². The van der Waals surface area contributed by atoms with Crippen LogP contribution in [0.25, 0.3) is 0 Å². The van der Waals surface area contributed by atoms with Crippen LogP contribution in [0.15, 0.2) is 53.3 Å². The van der Waals surface area contributed by atoms with Crippen molar-refractivity contribution in [3.63, 3.8) is 0 Å². The Morgan fingerprint density at radius 3 is 2.67 bits per heavy atom. The number of aromatic nitrogens is 2. The number of benzene rings is 2. The largest absolute Gasteiger partial charge is 0.496 e. The number of nitrogens with zero attached hydrogens (tertiary/aromatic N) is 2. The fraction of sp³-hybridized carbons (Fsp3) is 0.286. The van der Waals surface area contributed by atoms with Crippen LogP contribution in [0.4, 0.5) is 0 Å². The summed E-state index contributed by atoms with van der Waals surface area (Å²) in [5, 5.41) is 4.06. The number of fused-ring (bicyclic) bond motifs is 1. The Balaban J connectivity index is 1.52. The molecule has 0 fully saturated rings. The maximum Gasteiger partial charge on any atom is 0.270 e. The molecule has 0 bridgehead atoms. The molecule has 1 N–H and O–H groups in total. The minimum atomic E-state index is 0.0713. The number of halogens is 1. The van der Waals surface area contributed by atoms with Gasteiger partial charge in [-0.15, -0.1) is 0 Å². The van der Waals surface area contributed by atoms with Gasteiger partial charge in [-0.2, -0.15) is 0 Å². The monoisotopic (exact) mass is 383 g/mol. The van der Waals surface area contributed by atoms with Crippen LogP contribution in [-0.2, 0) is 26.1 Å². The number of hydrogen-bond donors (Lipinski definition) is 1. The van der Waals surface area contributed by atoms with Crippen LogP contribution >= 0.6 is 11.6 Å². The number of methoxy groups -OCH3 is 1. The summed E-state index contributed by atoms with van der Waals surface area (Å²) in [6.07, 6.45) is 0.761. The molecule has 1 aliphatic rings. The summed E-state index contributed by atoms with van der Waals surface area (Å²) in [7, 11) is 1.65. The van der Waals surface area contributed by atoms with Crippen LogP contribution in [0.2, 0.25) is 5.02 Å². The van der Waals surface area contributed by atoms with Crippen molar-refractivity contribution in [3.05, 3.63) is 86.3 Å². The van der Waals surface area contributed by atoms with Gasteiger partial charge in [-0.05, 0) is 30.2 Å². The summed E-state index contributed by atoms with van der Waals surface area (Å²) in [6.45, 7) is 2.94. The van der Waals surface area contributed by atoms with Crippen LogP contribution in [0.5, 0.6) is 5.75 Å². The van der Waals surface area contributed by atoms with Gasteiger partial charge in [0, 0.05) is 35.8 Å². The van der Waals surface area contributed by atoms with Crippen molar-refractivity contribution >= 4 is 11.6 Å². The first-order chi connectivity index (χ1) is 13.1. The lowest BCUT2D eigenvalue weighted by Gasteiger charge is -2.25. The molecule has 1 aromatic heterocycles. The highest BCUT2D eigenvalue weighted by atomic mass is 35.5. The molecule has 0 radical (unpaired) electrons. The van der Waals surface area contributed by atoms with E-state index in [1.54, 1.807) is 11.8 Å². The molecule has 0 saturated carbocycles. The fourth-order valence-electron chi connectivity index (χ4n) is 3.63. The summed E-state index contributed by atoms with van der Waals surface area (Å²) >= 11 is 5.96. The Kier molecular flexibility index (Phi) is 5.05. The molecule has 2 aromatic carbocycles. The van der Waals surface area contributed by atoms with E-state index in [1.165, 1.54) is 5.56 Å². The van der Waals surface area contributed by atoms with Crippen LogP contribution in [-0.4, -0.2) is 28.3 Å². The Bertz CT molecular complexity index is 991. The molecule has 140 valence electrons. The number of aromatic amines is 1. The van der Waals surface area contributed by atoms with Crippen LogP contribution in [0.3, 0.4) is 0 Å². The number of rotatable bonds is 5. The molecule has 4 rings (SSSR count). The van der Waals surface area contributed by atoms with E-state index in [2.05, 4.69) is 10.00 Å². The normalized spacial score (nSPS) is 14.1. The first-order valence-electron chi connectivity index (χ1n) is 9.03. The molecular weight excluding hydrogens is 362 g/mol. The van der Waals surface area contributed by atoms with E-state index in [0.29, 0.717) is 6.54 Å². The average Bonchev–Trinajstić information content (AvgIpc) is 2.99. The van der Waals surface area contributed by atoms with Crippen molar-refractivity contribution in [1.82, 2.24) is 14.7 Å². The van der Waals surface area contributed by atoms with Gasteiger partial charge in [0.25, 0.3) is 5.56 Å². The standard InChI is InChI=1S/C21H22ClN3O2/c1-27-20-5-3-2-4-16(20)13-25-21(26)18-10-11-24(14-19(18)23-25)12-15-6-8-17(22)9-7-15/h2-9,23H,10-14H2,1H3. The number of para-hydroxylation sites is 1. The van der Waals surface area contributed by atoms with E-state index >= 15 is 0 Å². The van der Waals surface area contributed by atoms with Crippen molar-refractivity contribution in [2.45, 2.75) is 26.1 Å². The van der Waals surface area contributed by atoms with Gasteiger partial charge < -0.3 is 4.74 Å². The van der Waals surface area contributed by atoms with Gasteiger partial charge in [-0.1, -0.05) is 41.9 Å². The van der Waals surface area contributed by atoms with Gasteiger partial charge >= 0.3 is 0 Å². The van der Waals surface area contributed by atoms with Crippen molar-refractivity contribution < 1.29 is 4.74 Å². The Labute approximate surface area is 163 Å². The van der Waals surface area contributed by atoms with Crippen LogP contribution < -0.4 is 10.3 Å². The highest BCUT2D eigenvalue weighted by molar-refractivity contribution is 6.30. The Morgan fingerprint density at radius 1 is 1.11 bits per heavy atom. The zero-order valence-corrected chi connectivity index (χ0v) is 16.0. The minimum absolute atomic E-state index is 0.0713. The summed E-state index contributed by atoms with van der Waals surface area (Å²) in [6, 6.07) is 15.7. The maximum atomic E-state index is 12.8. The van der Waals surface area contributed by atoms with Crippen molar-refractivity contribution in [2.75, 3.05) is 13.7 Å². The lowest BCUT2D eigenvalue weighted by Crippen LogP contribution is -2.31. The second-order valence-electron chi connectivity index (χ2n) is 6.86. The summed E-state index contributed by atoms with van der Waals surface area (Å²) in [5.74, 6) is 0.793. The third-order valence-corrected chi connectivity index (χ3v) is 5.29. The average molecular weight is 384 g/mol. The molecule has 27 heavy (non-hydrogen) atoms. The predicted molar refractivity (Wildman–Crippen MR) is 106 cm³/mol. The van der Waals surface area contributed by atoms with Crippen LogP contribution in [0, 0.1) is 0 Å². The molecule has 0 atom stereocenters. The Morgan fingerprint density at radius 2 is 1.89 bits per heavy atom. The molecule has 0 spiro atoms. The SMILES string of the molecule is COc1ccccc1Cn1[nH]c2c(c1=O)CCN(Cc1ccc(Cl)cc1)C2. The minimum Gasteiger partial charge on any atom is -0.496 e. The van der Waals surface area contributed by atoms with Crippen LogP contribution in [0.1, 0.15) is 22.4 Å². The zero-order valence-electron chi connectivity index (χ0n) is 15.2. The second-order valence-corrected chi connectivity index (χ2v) is 7.30. The van der Waals surface area contributed by atoms with Gasteiger partial charge in [0.2, 0.25) is 0 Å². The molecule has 1 aliphatic heterocycles. The zero-order chi connectivity index (χ0) is 18.8. The van der Waals surface area contributed by atoms with E-state index in [0.717, 1.165) is 53.6 Å². The highest BCUT2D eigenvalue weighted by Crippen LogP contribution is 2.20. The number of hydrogen-bond acceptors (Lipinski definition) is 3. The fourth-order valence-corrected chi connectivity index (χ4v) is 3.76. The quantitative estimate of drug-likeness (QED) is 0.734. The number of H-pyrrole nitrogens is 1. The van der Waals surface area contributed by atoms with E-state index < -0.39 is 0 Å². The smallest absolute Gasteiger partial charge is 0.270 e. The predicted octanol–water partition coefficient (Wildman–Crippen LogP) is 3.45. The molecule has 0 aliphatic carbocycles. The molecule has 0 unspecified atom stereocenters. The van der Waals surface area contributed by atoms with E-state index in [1.807, 2.05) is 48.5 Å². The van der Waals surface area contributed by atoms with Crippen molar-refractivity contribution in [2.24, 2.45) is 0 Å².